The van der Waals surface area contributed by atoms with Crippen LogP contribution in [0.5, 0.6) is 0 Å². The lowest BCUT2D eigenvalue weighted by Gasteiger charge is -2.10. The fourth-order valence-electron chi connectivity index (χ4n) is 1.63. The van der Waals surface area contributed by atoms with Gasteiger partial charge in [0.05, 0.1) is 13.5 Å². The van der Waals surface area contributed by atoms with E-state index in [4.69, 9.17) is 11.6 Å². The van der Waals surface area contributed by atoms with Crippen molar-refractivity contribution in [3.05, 3.63) is 35.4 Å². The van der Waals surface area contributed by atoms with E-state index in [1.807, 2.05) is 0 Å². The molecule has 0 amide bonds. The van der Waals surface area contributed by atoms with Gasteiger partial charge in [-0.3, -0.25) is 4.79 Å². The molecule has 2 nitrogen and oxygen atoms in total. The van der Waals surface area contributed by atoms with Gasteiger partial charge < -0.3 is 4.74 Å². The second-order valence-electron chi connectivity index (χ2n) is 4.48. The first kappa shape index (κ1) is 14.0. The Balaban J connectivity index is 2.54. The van der Waals surface area contributed by atoms with Crippen LogP contribution in [0.1, 0.15) is 37.3 Å². The third-order valence-corrected chi connectivity index (χ3v) is 3.03. The van der Waals surface area contributed by atoms with Gasteiger partial charge in [-0.2, -0.15) is 0 Å². The van der Waals surface area contributed by atoms with Crippen molar-refractivity contribution in [1.82, 2.24) is 0 Å². The molecule has 0 aliphatic heterocycles. The van der Waals surface area contributed by atoms with Gasteiger partial charge in [0.1, 0.15) is 0 Å². The van der Waals surface area contributed by atoms with Crippen molar-refractivity contribution in [2.75, 3.05) is 7.11 Å². The molecule has 0 aromatic heterocycles. The van der Waals surface area contributed by atoms with Gasteiger partial charge in [0, 0.05) is 5.38 Å². The third-order valence-electron chi connectivity index (χ3n) is 2.72. The van der Waals surface area contributed by atoms with Crippen LogP contribution in [0, 0.1) is 0 Å². The number of halogens is 1. The molecule has 94 valence electrons. The Hall–Kier alpha value is -1.02. The Morgan fingerprint density at radius 2 is 1.88 bits per heavy atom. The number of hydrogen-bond acceptors (Lipinski definition) is 2. The fraction of sp³-hybridized carbons (Fsp3) is 0.500. The van der Waals surface area contributed by atoms with Gasteiger partial charge in [-0.15, -0.1) is 11.6 Å². The second kappa shape index (κ2) is 6.65. The lowest BCUT2D eigenvalue weighted by atomic mass is 10.00. The van der Waals surface area contributed by atoms with Crippen LogP contribution in [-0.4, -0.2) is 18.5 Å². The van der Waals surface area contributed by atoms with Gasteiger partial charge in [-0.1, -0.05) is 38.1 Å². The second-order valence-corrected chi connectivity index (χ2v) is 5.10. The van der Waals surface area contributed by atoms with E-state index in [1.54, 1.807) is 0 Å². The predicted molar refractivity (Wildman–Crippen MR) is 70.5 cm³/mol. The average Bonchev–Trinajstić information content (AvgIpc) is 2.29. The van der Waals surface area contributed by atoms with Crippen LogP contribution in [0.3, 0.4) is 0 Å². The number of carbonyl (C=O) groups is 1. The molecular weight excluding hydrogens is 236 g/mol. The molecule has 1 unspecified atom stereocenters. The summed E-state index contributed by atoms with van der Waals surface area (Å²) in [6.45, 7) is 4.33. The van der Waals surface area contributed by atoms with Crippen molar-refractivity contribution in [3.8, 4) is 0 Å². The maximum Gasteiger partial charge on any atom is 0.307 e. The molecular formula is C14H19ClO2. The van der Waals surface area contributed by atoms with E-state index in [-0.39, 0.29) is 17.8 Å². The molecule has 3 heteroatoms. The van der Waals surface area contributed by atoms with Crippen molar-refractivity contribution in [2.24, 2.45) is 0 Å². The number of rotatable bonds is 5. The van der Waals surface area contributed by atoms with Gasteiger partial charge in [0.25, 0.3) is 0 Å². The van der Waals surface area contributed by atoms with E-state index in [0.717, 1.165) is 5.56 Å². The summed E-state index contributed by atoms with van der Waals surface area (Å²) in [6, 6.07) is 8.37. The molecule has 1 aromatic rings. The number of alkyl halides is 1. The van der Waals surface area contributed by atoms with E-state index in [0.29, 0.717) is 12.3 Å². The summed E-state index contributed by atoms with van der Waals surface area (Å²) in [4.78, 5) is 11.0. The zero-order chi connectivity index (χ0) is 12.8. The molecule has 0 fully saturated rings. The average molecular weight is 255 g/mol. The molecule has 0 saturated carbocycles. The molecule has 0 heterocycles. The Labute approximate surface area is 108 Å². The van der Waals surface area contributed by atoms with Crippen LogP contribution in [-0.2, 0) is 16.0 Å². The molecule has 1 rings (SSSR count). The molecule has 0 aliphatic carbocycles. The molecule has 0 radical (unpaired) electrons. The van der Waals surface area contributed by atoms with Crippen molar-refractivity contribution < 1.29 is 9.53 Å². The van der Waals surface area contributed by atoms with Gasteiger partial charge in [0.2, 0.25) is 0 Å². The predicted octanol–water partition coefficient (Wildman–Crippen LogP) is 3.52. The Kier molecular flexibility index (Phi) is 5.49. The highest BCUT2D eigenvalue weighted by molar-refractivity contribution is 6.21. The maximum absolute atomic E-state index is 11.0. The summed E-state index contributed by atoms with van der Waals surface area (Å²) in [5, 5.41) is -0.202. The first-order chi connectivity index (χ1) is 8.02. The van der Waals surface area contributed by atoms with Crippen LogP contribution in [0.4, 0.5) is 0 Å². The quantitative estimate of drug-likeness (QED) is 0.594. The monoisotopic (exact) mass is 254 g/mol. The molecule has 0 spiro atoms. The van der Waals surface area contributed by atoms with Crippen LogP contribution in [0.15, 0.2) is 24.3 Å². The fourth-order valence-corrected chi connectivity index (χ4v) is 1.93. The Bertz CT molecular complexity index is 357. The van der Waals surface area contributed by atoms with Crippen molar-refractivity contribution in [3.63, 3.8) is 0 Å². The van der Waals surface area contributed by atoms with Crippen molar-refractivity contribution in [2.45, 2.75) is 38.0 Å². The minimum absolute atomic E-state index is 0.202. The molecule has 1 atom stereocenters. The van der Waals surface area contributed by atoms with Gasteiger partial charge in [-0.25, -0.2) is 0 Å². The first-order valence-electron chi connectivity index (χ1n) is 5.82. The maximum atomic E-state index is 11.0. The topological polar surface area (TPSA) is 26.3 Å². The normalized spacial score (nSPS) is 12.5. The minimum atomic E-state index is -0.260. The zero-order valence-corrected chi connectivity index (χ0v) is 11.3. The highest BCUT2D eigenvalue weighted by atomic mass is 35.5. The smallest absolute Gasteiger partial charge is 0.307 e. The molecule has 17 heavy (non-hydrogen) atoms. The van der Waals surface area contributed by atoms with Gasteiger partial charge >= 0.3 is 5.97 Å². The van der Waals surface area contributed by atoms with Gasteiger partial charge in [-0.05, 0) is 23.5 Å². The first-order valence-corrected chi connectivity index (χ1v) is 6.26. The number of ether oxygens (including phenoxy) is 1. The van der Waals surface area contributed by atoms with E-state index in [9.17, 15) is 4.79 Å². The largest absolute Gasteiger partial charge is 0.469 e. The summed E-state index contributed by atoms with van der Waals surface area (Å²) < 4.78 is 4.59. The summed E-state index contributed by atoms with van der Waals surface area (Å²) >= 11 is 6.09. The highest BCUT2D eigenvalue weighted by Crippen LogP contribution is 2.17. The summed E-state index contributed by atoms with van der Waals surface area (Å²) in [5.41, 5.74) is 2.46. The van der Waals surface area contributed by atoms with Gasteiger partial charge in [0.15, 0.2) is 0 Å². The molecule has 0 N–H and O–H groups in total. The van der Waals surface area contributed by atoms with Crippen LogP contribution >= 0.6 is 11.6 Å². The minimum Gasteiger partial charge on any atom is -0.469 e. The molecule has 0 aliphatic rings. The number of esters is 1. The zero-order valence-electron chi connectivity index (χ0n) is 10.6. The third kappa shape index (κ3) is 4.78. The van der Waals surface area contributed by atoms with Crippen LogP contribution < -0.4 is 0 Å². The summed E-state index contributed by atoms with van der Waals surface area (Å²) in [7, 11) is 1.38. The van der Waals surface area contributed by atoms with Crippen LogP contribution in [0.25, 0.3) is 0 Å². The standard InChI is InChI=1S/C14H19ClO2/c1-10(2)12-6-4-11(5-7-12)8-13(15)9-14(16)17-3/h4-7,10,13H,8-9H2,1-3H3. The number of carbonyl (C=O) groups excluding carboxylic acids is 1. The molecule has 0 saturated heterocycles. The van der Waals surface area contributed by atoms with Crippen molar-refractivity contribution in [1.29, 1.82) is 0 Å². The molecule has 0 bridgehead atoms. The Morgan fingerprint density at radius 3 is 2.35 bits per heavy atom. The SMILES string of the molecule is COC(=O)CC(Cl)Cc1ccc(C(C)C)cc1. The lowest BCUT2D eigenvalue weighted by molar-refractivity contribution is -0.140. The van der Waals surface area contributed by atoms with E-state index >= 15 is 0 Å². The van der Waals surface area contributed by atoms with Crippen LogP contribution in [0.2, 0.25) is 0 Å². The molecule has 1 aromatic carbocycles. The Morgan fingerprint density at radius 1 is 1.29 bits per heavy atom. The number of hydrogen-bond donors (Lipinski definition) is 0. The number of methoxy groups -OCH3 is 1. The van der Waals surface area contributed by atoms with E-state index in [2.05, 4.69) is 42.8 Å². The number of benzene rings is 1. The highest BCUT2D eigenvalue weighted by Gasteiger charge is 2.12. The summed E-state index contributed by atoms with van der Waals surface area (Å²) in [5.74, 6) is 0.273. The summed E-state index contributed by atoms with van der Waals surface area (Å²) in [6.07, 6.45) is 0.943. The van der Waals surface area contributed by atoms with E-state index in [1.165, 1.54) is 12.7 Å². The van der Waals surface area contributed by atoms with E-state index < -0.39 is 0 Å². The van der Waals surface area contributed by atoms with Crippen molar-refractivity contribution >= 4 is 17.6 Å². The lowest BCUT2D eigenvalue weighted by Crippen LogP contribution is -2.12.